The van der Waals surface area contributed by atoms with Crippen molar-refractivity contribution in [1.82, 2.24) is 9.78 Å². The van der Waals surface area contributed by atoms with Crippen molar-refractivity contribution in [3.05, 3.63) is 50.9 Å². The average molecular weight is 230 g/mol. The number of carbonyl (C=O) groups is 1. The van der Waals surface area contributed by atoms with E-state index in [-0.39, 0.29) is 11.1 Å². The number of hydrogen-bond donors (Lipinski definition) is 1. The molecule has 0 aliphatic rings. The van der Waals surface area contributed by atoms with Crippen LogP contribution >= 0.6 is 0 Å². The summed E-state index contributed by atoms with van der Waals surface area (Å²) in [6.07, 6.45) is 0.589. The van der Waals surface area contributed by atoms with Crippen LogP contribution in [-0.4, -0.2) is 16.1 Å². The fraction of sp³-hybridized carbons (Fsp3) is 0.231. The van der Waals surface area contributed by atoms with E-state index in [9.17, 15) is 9.59 Å². The number of rotatable bonds is 2. The van der Waals surface area contributed by atoms with Crippen LogP contribution in [0.5, 0.6) is 0 Å². The highest BCUT2D eigenvalue weighted by atomic mass is 16.1. The zero-order valence-electron chi connectivity index (χ0n) is 10.1. The van der Waals surface area contributed by atoms with Gasteiger partial charge < -0.3 is 0 Å². The first-order valence-corrected chi connectivity index (χ1v) is 5.39. The van der Waals surface area contributed by atoms with Crippen molar-refractivity contribution in [1.29, 1.82) is 0 Å². The molecule has 0 unspecified atom stereocenters. The fourth-order valence-corrected chi connectivity index (χ4v) is 1.74. The Kier molecular flexibility index (Phi) is 2.71. The minimum absolute atomic E-state index is 0.184. The molecular weight excluding hydrogens is 216 g/mol. The Balaban J connectivity index is 2.65. The van der Waals surface area contributed by atoms with E-state index in [1.54, 1.807) is 6.92 Å². The summed E-state index contributed by atoms with van der Waals surface area (Å²) in [6, 6.07) is 5.73. The first-order valence-electron chi connectivity index (χ1n) is 5.39. The monoisotopic (exact) mass is 230 g/mol. The normalized spacial score (nSPS) is 10.5. The molecule has 0 aliphatic heterocycles. The molecule has 0 radical (unpaired) electrons. The van der Waals surface area contributed by atoms with Crippen molar-refractivity contribution in [2.75, 3.05) is 0 Å². The SMILES string of the molecule is Cc1ccc(-n2[nH]c(C)c(C=O)c2=O)cc1C. The molecule has 2 rings (SSSR count). The minimum atomic E-state index is -0.305. The molecule has 1 aromatic heterocycles. The molecule has 4 nitrogen and oxygen atoms in total. The number of aromatic amines is 1. The van der Waals surface area contributed by atoms with Gasteiger partial charge in [-0.05, 0) is 44.0 Å². The lowest BCUT2D eigenvalue weighted by Crippen LogP contribution is -2.17. The molecule has 1 heterocycles. The lowest BCUT2D eigenvalue weighted by molar-refractivity contribution is 0.112. The molecule has 88 valence electrons. The van der Waals surface area contributed by atoms with Crippen LogP contribution in [-0.2, 0) is 0 Å². The maximum Gasteiger partial charge on any atom is 0.282 e. The number of nitrogens with zero attached hydrogens (tertiary/aromatic N) is 1. The topological polar surface area (TPSA) is 54.9 Å². The average Bonchev–Trinajstić information content (AvgIpc) is 2.58. The number of aryl methyl sites for hydroxylation is 3. The Labute approximate surface area is 98.9 Å². The molecule has 1 aromatic carbocycles. The predicted molar refractivity (Wildman–Crippen MR) is 66.0 cm³/mol. The molecule has 0 saturated carbocycles. The minimum Gasteiger partial charge on any atom is -0.298 e. The molecule has 0 spiro atoms. The zero-order valence-corrected chi connectivity index (χ0v) is 10.1. The van der Waals surface area contributed by atoms with E-state index in [1.807, 2.05) is 32.0 Å². The van der Waals surface area contributed by atoms with Crippen LogP contribution in [0.4, 0.5) is 0 Å². The first kappa shape index (κ1) is 11.4. The molecule has 0 fully saturated rings. The third-order valence-corrected chi connectivity index (χ3v) is 2.98. The van der Waals surface area contributed by atoms with Crippen molar-refractivity contribution in [3.63, 3.8) is 0 Å². The molecule has 0 aliphatic carbocycles. The zero-order chi connectivity index (χ0) is 12.6. The summed E-state index contributed by atoms with van der Waals surface area (Å²) in [7, 11) is 0. The van der Waals surface area contributed by atoms with Crippen molar-refractivity contribution in [2.45, 2.75) is 20.8 Å². The van der Waals surface area contributed by atoms with Gasteiger partial charge in [-0.2, -0.15) is 0 Å². The summed E-state index contributed by atoms with van der Waals surface area (Å²) in [5.41, 5.74) is 3.48. The molecule has 0 saturated heterocycles. The molecule has 0 amide bonds. The number of aromatic nitrogens is 2. The maximum absolute atomic E-state index is 11.9. The highest BCUT2D eigenvalue weighted by molar-refractivity contribution is 5.75. The van der Waals surface area contributed by atoms with Gasteiger partial charge in [-0.25, -0.2) is 4.68 Å². The largest absolute Gasteiger partial charge is 0.298 e. The Morgan fingerprint density at radius 2 is 1.88 bits per heavy atom. The second-order valence-electron chi connectivity index (χ2n) is 4.18. The lowest BCUT2D eigenvalue weighted by Gasteiger charge is -2.05. The van der Waals surface area contributed by atoms with Crippen molar-refractivity contribution >= 4 is 6.29 Å². The van der Waals surface area contributed by atoms with E-state index < -0.39 is 0 Å². The van der Waals surface area contributed by atoms with Crippen molar-refractivity contribution in [2.24, 2.45) is 0 Å². The van der Waals surface area contributed by atoms with Gasteiger partial charge >= 0.3 is 0 Å². The Hall–Kier alpha value is -2.10. The van der Waals surface area contributed by atoms with E-state index in [4.69, 9.17) is 0 Å². The van der Waals surface area contributed by atoms with Crippen molar-refractivity contribution < 1.29 is 4.79 Å². The van der Waals surface area contributed by atoms with Crippen LogP contribution in [0.25, 0.3) is 5.69 Å². The van der Waals surface area contributed by atoms with Gasteiger partial charge in [0.2, 0.25) is 0 Å². The number of aldehydes is 1. The van der Waals surface area contributed by atoms with Gasteiger partial charge in [-0.15, -0.1) is 0 Å². The third-order valence-electron chi connectivity index (χ3n) is 2.98. The number of benzene rings is 1. The van der Waals surface area contributed by atoms with Crippen LogP contribution in [0.2, 0.25) is 0 Å². The van der Waals surface area contributed by atoms with E-state index >= 15 is 0 Å². The van der Waals surface area contributed by atoms with Gasteiger partial charge in [0.1, 0.15) is 5.56 Å². The quantitative estimate of drug-likeness (QED) is 0.801. The second kappa shape index (κ2) is 4.05. The van der Waals surface area contributed by atoms with Gasteiger partial charge in [0.15, 0.2) is 6.29 Å². The number of H-pyrrole nitrogens is 1. The standard InChI is InChI=1S/C13H14N2O2/c1-8-4-5-11(6-9(8)2)15-13(17)12(7-16)10(3)14-15/h4-7,14H,1-3H3. The van der Waals surface area contributed by atoms with Gasteiger partial charge in [0.05, 0.1) is 5.69 Å². The van der Waals surface area contributed by atoms with Gasteiger partial charge in [0, 0.05) is 5.69 Å². The molecule has 2 aromatic rings. The first-order chi connectivity index (χ1) is 8.04. The summed E-state index contributed by atoms with van der Waals surface area (Å²) in [4.78, 5) is 22.7. The Morgan fingerprint density at radius 3 is 2.41 bits per heavy atom. The maximum atomic E-state index is 11.9. The lowest BCUT2D eigenvalue weighted by atomic mass is 10.1. The van der Waals surface area contributed by atoms with E-state index in [0.29, 0.717) is 12.0 Å². The number of hydrogen-bond acceptors (Lipinski definition) is 2. The summed E-state index contributed by atoms with van der Waals surface area (Å²) in [6.45, 7) is 5.71. The van der Waals surface area contributed by atoms with Crippen LogP contribution < -0.4 is 5.56 Å². The number of nitrogens with one attached hydrogen (secondary N) is 1. The van der Waals surface area contributed by atoms with E-state index in [0.717, 1.165) is 11.3 Å². The van der Waals surface area contributed by atoms with Crippen LogP contribution in [0.15, 0.2) is 23.0 Å². The highest BCUT2D eigenvalue weighted by Crippen LogP contribution is 2.12. The Bertz CT molecular complexity index is 635. The molecule has 1 N–H and O–H groups in total. The van der Waals surface area contributed by atoms with Gasteiger partial charge in [0.25, 0.3) is 5.56 Å². The fourth-order valence-electron chi connectivity index (χ4n) is 1.74. The molecular formula is C13H14N2O2. The summed E-state index contributed by atoms with van der Waals surface area (Å²) >= 11 is 0. The Morgan fingerprint density at radius 1 is 1.18 bits per heavy atom. The smallest absolute Gasteiger partial charge is 0.282 e. The second-order valence-corrected chi connectivity index (χ2v) is 4.18. The van der Waals surface area contributed by atoms with E-state index in [1.165, 1.54) is 10.2 Å². The summed E-state index contributed by atoms with van der Waals surface area (Å²) < 4.78 is 1.39. The summed E-state index contributed by atoms with van der Waals surface area (Å²) in [5, 5.41) is 2.90. The van der Waals surface area contributed by atoms with Crippen LogP contribution in [0.1, 0.15) is 27.2 Å². The third kappa shape index (κ3) is 1.82. The van der Waals surface area contributed by atoms with Gasteiger partial charge in [-0.3, -0.25) is 14.7 Å². The summed E-state index contributed by atoms with van der Waals surface area (Å²) in [5.74, 6) is 0. The van der Waals surface area contributed by atoms with Crippen LogP contribution in [0.3, 0.4) is 0 Å². The highest BCUT2D eigenvalue weighted by Gasteiger charge is 2.11. The van der Waals surface area contributed by atoms with Crippen LogP contribution in [0, 0.1) is 20.8 Å². The molecule has 4 heteroatoms. The van der Waals surface area contributed by atoms with Gasteiger partial charge in [-0.1, -0.05) is 6.07 Å². The van der Waals surface area contributed by atoms with E-state index in [2.05, 4.69) is 5.10 Å². The molecule has 17 heavy (non-hydrogen) atoms. The number of carbonyl (C=O) groups excluding carboxylic acids is 1. The van der Waals surface area contributed by atoms with Crippen molar-refractivity contribution in [3.8, 4) is 5.69 Å². The molecule has 0 bridgehead atoms. The predicted octanol–water partition coefficient (Wildman–Crippen LogP) is 1.90. The molecule has 0 atom stereocenters.